The van der Waals surface area contributed by atoms with E-state index in [1.807, 2.05) is 31.2 Å². The average Bonchev–Trinajstić information content (AvgIpc) is 2.73. The lowest BCUT2D eigenvalue weighted by atomic mass is 10.1. The van der Waals surface area contributed by atoms with Crippen LogP contribution >= 0.6 is 11.8 Å². The highest BCUT2D eigenvalue weighted by atomic mass is 32.2. The first-order valence-electron chi connectivity index (χ1n) is 9.20. The summed E-state index contributed by atoms with van der Waals surface area (Å²) in [6.07, 6.45) is 0.885. The highest BCUT2D eigenvalue weighted by molar-refractivity contribution is 8.15. The second-order valence-electron chi connectivity index (χ2n) is 6.31. The molecule has 0 bridgehead atoms. The molecule has 1 atom stereocenters. The van der Waals surface area contributed by atoms with Crippen molar-refractivity contribution in [3.05, 3.63) is 48.0 Å². The third kappa shape index (κ3) is 5.08. The predicted octanol–water partition coefficient (Wildman–Crippen LogP) is 3.51. The third-order valence-electron chi connectivity index (χ3n) is 4.43. The van der Waals surface area contributed by atoms with Gasteiger partial charge in [0.1, 0.15) is 22.4 Å². The zero-order valence-corrected chi connectivity index (χ0v) is 17.3. The fourth-order valence-corrected chi connectivity index (χ4v) is 3.90. The first kappa shape index (κ1) is 20.7. The van der Waals surface area contributed by atoms with Crippen LogP contribution in [-0.4, -0.2) is 36.5 Å². The van der Waals surface area contributed by atoms with Crippen LogP contribution in [0, 0.1) is 0 Å². The highest BCUT2D eigenvalue weighted by Gasteiger charge is 2.30. The number of benzene rings is 2. The number of methoxy groups -OCH3 is 2. The molecule has 1 aliphatic rings. The smallest absolute Gasteiger partial charge is 0.238 e. The molecule has 7 nitrogen and oxygen atoms in total. The molecule has 2 aromatic carbocycles. The molecule has 0 unspecified atom stereocenters. The maximum absolute atomic E-state index is 12.8. The van der Waals surface area contributed by atoms with Gasteiger partial charge in [-0.05, 0) is 30.2 Å². The highest BCUT2D eigenvalue weighted by Crippen LogP contribution is 2.33. The van der Waals surface area contributed by atoms with Crippen molar-refractivity contribution in [3.63, 3.8) is 0 Å². The van der Waals surface area contributed by atoms with Crippen LogP contribution < -0.4 is 20.1 Å². The van der Waals surface area contributed by atoms with Gasteiger partial charge in [0.25, 0.3) is 0 Å². The number of nitrogens with zero attached hydrogens (tertiary/aromatic N) is 1. The SMILES string of the molecule is CCc1ccccc1NC(=O)[C@H]1CC(=O)NC(=Nc2cc(OC)ccc2OC)S1. The molecular weight excluding hydrogens is 390 g/mol. The Hall–Kier alpha value is -3.00. The number of hydrogen-bond acceptors (Lipinski definition) is 6. The molecule has 29 heavy (non-hydrogen) atoms. The molecule has 0 radical (unpaired) electrons. The number of carbonyl (C=O) groups excluding carboxylic acids is 2. The van der Waals surface area contributed by atoms with E-state index < -0.39 is 5.25 Å². The molecule has 1 heterocycles. The van der Waals surface area contributed by atoms with Crippen LogP contribution in [0.3, 0.4) is 0 Å². The van der Waals surface area contributed by atoms with E-state index in [-0.39, 0.29) is 18.2 Å². The van der Waals surface area contributed by atoms with Gasteiger partial charge in [-0.25, -0.2) is 4.99 Å². The summed E-state index contributed by atoms with van der Waals surface area (Å²) in [6, 6.07) is 12.8. The Kier molecular flexibility index (Phi) is 6.77. The summed E-state index contributed by atoms with van der Waals surface area (Å²) in [7, 11) is 3.10. The molecule has 2 N–H and O–H groups in total. The molecule has 1 aliphatic heterocycles. The van der Waals surface area contributed by atoms with Crippen molar-refractivity contribution >= 4 is 40.1 Å². The Morgan fingerprint density at radius 3 is 2.76 bits per heavy atom. The van der Waals surface area contributed by atoms with Gasteiger partial charge in [0, 0.05) is 18.2 Å². The number of aryl methyl sites for hydroxylation is 1. The van der Waals surface area contributed by atoms with E-state index in [0.717, 1.165) is 17.7 Å². The second-order valence-corrected chi connectivity index (χ2v) is 7.50. The molecule has 1 saturated heterocycles. The number of amidine groups is 1. The van der Waals surface area contributed by atoms with E-state index >= 15 is 0 Å². The standard InChI is InChI=1S/C21H23N3O4S/c1-4-13-7-5-6-8-15(13)22-20(26)18-12-19(25)24-21(29-18)23-16-11-14(27-2)9-10-17(16)28-3/h5-11,18H,4,12H2,1-3H3,(H,22,26)(H,23,24,25)/t18-/m1/s1. The number of thioether (sulfide) groups is 1. The molecule has 0 saturated carbocycles. The van der Waals surface area contributed by atoms with Crippen molar-refractivity contribution < 1.29 is 19.1 Å². The van der Waals surface area contributed by atoms with Gasteiger partial charge < -0.3 is 20.1 Å². The predicted molar refractivity (Wildman–Crippen MR) is 115 cm³/mol. The van der Waals surface area contributed by atoms with Crippen LogP contribution in [0.1, 0.15) is 18.9 Å². The Labute approximate surface area is 173 Å². The van der Waals surface area contributed by atoms with Crippen LogP contribution in [-0.2, 0) is 16.0 Å². The average molecular weight is 413 g/mol. The molecule has 0 spiro atoms. The largest absolute Gasteiger partial charge is 0.497 e. The number of ether oxygens (including phenoxy) is 2. The summed E-state index contributed by atoms with van der Waals surface area (Å²) in [5.41, 5.74) is 2.31. The van der Waals surface area contributed by atoms with Crippen molar-refractivity contribution in [2.45, 2.75) is 25.0 Å². The van der Waals surface area contributed by atoms with E-state index in [9.17, 15) is 9.59 Å². The van der Waals surface area contributed by atoms with Gasteiger partial charge in [0.05, 0.1) is 14.2 Å². The van der Waals surface area contributed by atoms with Crippen LogP contribution in [0.25, 0.3) is 0 Å². The minimum Gasteiger partial charge on any atom is -0.497 e. The van der Waals surface area contributed by atoms with Gasteiger partial charge in [-0.2, -0.15) is 0 Å². The maximum atomic E-state index is 12.8. The van der Waals surface area contributed by atoms with Crippen LogP contribution in [0.2, 0.25) is 0 Å². The number of para-hydroxylation sites is 1. The number of anilines is 1. The van der Waals surface area contributed by atoms with Crippen LogP contribution in [0.15, 0.2) is 47.5 Å². The summed E-state index contributed by atoms with van der Waals surface area (Å²) in [6.45, 7) is 2.03. The van der Waals surface area contributed by atoms with Crippen molar-refractivity contribution in [1.29, 1.82) is 0 Å². The number of hydrogen-bond donors (Lipinski definition) is 2. The Balaban J connectivity index is 1.81. The van der Waals surface area contributed by atoms with E-state index in [2.05, 4.69) is 15.6 Å². The topological polar surface area (TPSA) is 89.0 Å². The molecule has 152 valence electrons. The molecule has 0 aromatic heterocycles. The lowest BCUT2D eigenvalue weighted by Crippen LogP contribution is -2.42. The Morgan fingerprint density at radius 1 is 1.24 bits per heavy atom. The zero-order valence-electron chi connectivity index (χ0n) is 16.5. The minimum atomic E-state index is -0.580. The zero-order chi connectivity index (χ0) is 20.8. The molecule has 1 fully saturated rings. The Bertz CT molecular complexity index is 945. The number of rotatable bonds is 6. The van der Waals surface area contributed by atoms with E-state index in [0.29, 0.717) is 22.4 Å². The number of aliphatic imine (C=N–C) groups is 1. The molecule has 3 rings (SSSR count). The van der Waals surface area contributed by atoms with Crippen molar-refractivity contribution in [1.82, 2.24) is 5.32 Å². The molecule has 8 heteroatoms. The second kappa shape index (κ2) is 9.47. The van der Waals surface area contributed by atoms with Crippen molar-refractivity contribution in [2.75, 3.05) is 19.5 Å². The van der Waals surface area contributed by atoms with Crippen molar-refractivity contribution in [2.24, 2.45) is 4.99 Å². The van der Waals surface area contributed by atoms with E-state index in [4.69, 9.17) is 9.47 Å². The fraction of sp³-hybridized carbons (Fsp3) is 0.286. The normalized spacial score (nSPS) is 17.6. The van der Waals surface area contributed by atoms with E-state index in [1.165, 1.54) is 11.8 Å². The summed E-state index contributed by atoms with van der Waals surface area (Å²) >= 11 is 1.21. The molecule has 0 aliphatic carbocycles. The van der Waals surface area contributed by atoms with E-state index in [1.54, 1.807) is 32.4 Å². The van der Waals surface area contributed by atoms with Gasteiger partial charge in [-0.1, -0.05) is 36.9 Å². The maximum Gasteiger partial charge on any atom is 0.238 e. The lowest BCUT2D eigenvalue weighted by molar-refractivity contribution is -0.123. The summed E-state index contributed by atoms with van der Waals surface area (Å²) in [4.78, 5) is 29.5. The first-order valence-corrected chi connectivity index (χ1v) is 10.1. The third-order valence-corrected chi connectivity index (χ3v) is 5.51. The van der Waals surface area contributed by atoms with Crippen LogP contribution in [0.5, 0.6) is 11.5 Å². The monoisotopic (exact) mass is 413 g/mol. The Morgan fingerprint density at radius 2 is 2.03 bits per heavy atom. The number of nitrogens with one attached hydrogen (secondary N) is 2. The summed E-state index contributed by atoms with van der Waals surface area (Å²) in [5.74, 6) is 0.670. The van der Waals surface area contributed by atoms with Gasteiger partial charge in [-0.15, -0.1) is 0 Å². The minimum absolute atomic E-state index is 0.0824. The molecular formula is C21H23N3O4S. The first-order chi connectivity index (χ1) is 14.0. The molecule has 2 aromatic rings. The number of amides is 2. The van der Waals surface area contributed by atoms with Gasteiger partial charge in [0.15, 0.2) is 5.17 Å². The summed E-state index contributed by atoms with van der Waals surface area (Å²) in [5, 5.41) is 5.42. The molecule has 2 amide bonds. The van der Waals surface area contributed by atoms with Gasteiger partial charge in [-0.3, -0.25) is 9.59 Å². The fourth-order valence-electron chi connectivity index (χ4n) is 2.90. The lowest BCUT2D eigenvalue weighted by Gasteiger charge is -2.23. The quantitative estimate of drug-likeness (QED) is 0.756. The van der Waals surface area contributed by atoms with Gasteiger partial charge >= 0.3 is 0 Å². The summed E-state index contributed by atoms with van der Waals surface area (Å²) < 4.78 is 10.6. The van der Waals surface area contributed by atoms with Crippen molar-refractivity contribution in [3.8, 4) is 11.5 Å². The van der Waals surface area contributed by atoms with Crippen LogP contribution in [0.4, 0.5) is 11.4 Å². The van der Waals surface area contributed by atoms with Gasteiger partial charge in [0.2, 0.25) is 11.8 Å². The number of carbonyl (C=O) groups is 2.